The molecular weight excluding hydrogens is 206 g/mol. The van der Waals surface area contributed by atoms with Crippen molar-refractivity contribution in [3.8, 4) is 0 Å². The molecule has 1 atom stereocenters. The van der Waals surface area contributed by atoms with Crippen LogP contribution in [0.4, 0.5) is 0 Å². The molecule has 1 rings (SSSR count). The Morgan fingerprint density at radius 1 is 1.38 bits per heavy atom. The highest BCUT2D eigenvalue weighted by Crippen LogP contribution is 2.06. The Balaban J connectivity index is 2.50. The predicted molar refractivity (Wildman–Crippen MR) is 61.3 cm³/mol. The Labute approximate surface area is 96.6 Å². The third kappa shape index (κ3) is 4.28. The van der Waals surface area contributed by atoms with Crippen LogP contribution < -0.4 is 5.32 Å². The fraction of sp³-hybridized carbons (Fsp3) is 0.818. The Bertz CT molecular complexity index is 299. The minimum absolute atomic E-state index is 0.220. The molecule has 1 unspecified atom stereocenters. The Morgan fingerprint density at radius 2 is 2.12 bits per heavy atom. The van der Waals surface area contributed by atoms with Crippen molar-refractivity contribution in [2.24, 2.45) is 5.92 Å². The van der Waals surface area contributed by atoms with E-state index in [4.69, 9.17) is 9.26 Å². The van der Waals surface area contributed by atoms with Gasteiger partial charge in [0.2, 0.25) is 5.89 Å². The fourth-order valence-corrected chi connectivity index (χ4v) is 1.48. The first-order valence-corrected chi connectivity index (χ1v) is 5.63. The van der Waals surface area contributed by atoms with E-state index in [1.54, 1.807) is 7.11 Å². The normalized spacial score (nSPS) is 13.3. The van der Waals surface area contributed by atoms with Crippen LogP contribution in [0.5, 0.6) is 0 Å². The lowest BCUT2D eigenvalue weighted by Gasteiger charge is -2.11. The van der Waals surface area contributed by atoms with Gasteiger partial charge >= 0.3 is 0 Å². The first-order valence-electron chi connectivity index (χ1n) is 5.63. The number of hydrogen-bond donors (Lipinski definition) is 1. The summed E-state index contributed by atoms with van der Waals surface area (Å²) in [5.41, 5.74) is 0. The van der Waals surface area contributed by atoms with Crippen molar-refractivity contribution < 1.29 is 9.26 Å². The third-order valence-electron chi connectivity index (χ3n) is 2.30. The molecule has 1 heterocycles. The SMILES string of the molecule is CNC(COC)Cc1nc(CC(C)C)no1. The van der Waals surface area contributed by atoms with Crippen LogP contribution in [0, 0.1) is 5.92 Å². The minimum atomic E-state index is 0.220. The summed E-state index contributed by atoms with van der Waals surface area (Å²) in [6.07, 6.45) is 1.56. The summed E-state index contributed by atoms with van der Waals surface area (Å²) in [4.78, 5) is 4.35. The number of methoxy groups -OCH3 is 1. The highest BCUT2D eigenvalue weighted by molar-refractivity contribution is 4.90. The molecule has 92 valence electrons. The van der Waals surface area contributed by atoms with E-state index in [1.165, 1.54) is 0 Å². The van der Waals surface area contributed by atoms with Gasteiger partial charge in [0.05, 0.1) is 6.61 Å². The fourth-order valence-electron chi connectivity index (χ4n) is 1.48. The van der Waals surface area contributed by atoms with E-state index >= 15 is 0 Å². The molecule has 16 heavy (non-hydrogen) atoms. The van der Waals surface area contributed by atoms with Crippen LogP contribution >= 0.6 is 0 Å². The lowest BCUT2D eigenvalue weighted by Crippen LogP contribution is -2.32. The van der Waals surface area contributed by atoms with Gasteiger partial charge in [-0.15, -0.1) is 0 Å². The number of rotatable bonds is 7. The number of nitrogens with zero attached hydrogens (tertiary/aromatic N) is 2. The molecule has 0 spiro atoms. The maximum atomic E-state index is 5.19. The van der Waals surface area contributed by atoms with Crippen LogP contribution in [0.25, 0.3) is 0 Å². The van der Waals surface area contributed by atoms with Crippen LogP contribution in [0.15, 0.2) is 4.52 Å². The van der Waals surface area contributed by atoms with E-state index < -0.39 is 0 Å². The Kier molecular flexibility index (Phi) is 5.42. The molecule has 0 aliphatic heterocycles. The lowest BCUT2D eigenvalue weighted by molar-refractivity contribution is 0.165. The summed E-state index contributed by atoms with van der Waals surface area (Å²) in [7, 11) is 3.58. The van der Waals surface area contributed by atoms with Gasteiger partial charge in [0.1, 0.15) is 0 Å². The summed E-state index contributed by atoms with van der Waals surface area (Å²) in [5.74, 6) is 2.01. The van der Waals surface area contributed by atoms with Gasteiger partial charge in [-0.2, -0.15) is 4.98 Å². The van der Waals surface area contributed by atoms with E-state index in [-0.39, 0.29) is 6.04 Å². The largest absolute Gasteiger partial charge is 0.383 e. The maximum Gasteiger partial charge on any atom is 0.228 e. The molecular formula is C11H21N3O2. The van der Waals surface area contributed by atoms with E-state index in [1.807, 2.05) is 7.05 Å². The zero-order valence-electron chi connectivity index (χ0n) is 10.5. The number of nitrogens with one attached hydrogen (secondary N) is 1. The second-order valence-electron chi connectivity index (χ2n) is 4.35. The van der Waals surface area contributed by atoms with Crippen molar-refractivity contribution in [1.82, 2.24) is 15.5 Å². The third-order valence-corrected chi connectivity index (χ3v) is 2.30. The zero-order chi connectivity index (χ0) is 12.0. The van der Waals surface area contributed by atoms with Gasteiger partial charge in [0.25, 0.3) is 0 Å². The van der Waals surface area contributed by atoms with E-state index in [0.29, 0.717) is 24.8 Å². The predicted octanol–water partition coefficient (Wildman–Crippen LogP) is 1.04. The molecule has 0 radical (unpaired) electrons. The molecule has 0 saturated heterocycles. The average molecular weight is 227 g/mol. The molecule has 0 bridgehead atoms. The van der Waals surface area contributed by atoms with Crippen molar-refractivity contribution in [2.45, 2.75) is 32.7 Å². The highest BCUT2D eigenvalue weighted by Gasteiger charge is 2.13. The first-order chi connectivity index (χ1) is 7.65. The summed E-state index contributed by atoms with van der Waals surface area (Å²) >= 11 is 0. The van der Waals surface area contributed by atoms with Crippen LogP contribution in [0.1, 0.15) is 25.6 Å². The van der Waals surface area contributed by atoms with Crippen molar-refractivity contribution in [3.05, 3.63) is 11.7 Å². The molecule has 0 fully saturated rings. The molecule has 0 amide bonds. The van der Waals surface area contributed by atoms with Crippen molar-refractivity contribution in [1.29, 1.82) is 0 Å². The molecule has 0 aliphatic carbocycles. The zero-order valence-corrected chi connectivity index (χ0v) is 10.5. The van der Waals surface area contributed by atoms with Crippen molar-refractivity contribution >= 4 is 0 Å². The van der Waals surface area contributed by atoms with Crippen molar-refractivity contribution in [3.63, 3.8) is 0 Å². The Morgan fingerprint density at radius 3 is 2.69 bits per heavy atom. The quantitative estimate of drug-likeness (QED) is 0.754. The maximum absolute atomic E-state index is 5.19. The Hall–Kier alpha value is -0.940. The highest BCUT2D eigenvalue weighted by atomic mass is 16.5. The summed E-state index contributed by atoms with van der Waals surface area (Å²) in [5, 5.41) is 7.10. The average Bonchev–Trinajstić information content (AvgIpc) is 2.64. The van der Waals surface area contributed by atoms with Crippen LogP contribution in [-0.4, -0.2) is 36.9 Å². The van der Waals surface area contributed by atoms with Gasteiger partial charge < -0.3 is 14.6 Å². The molecule has 1 aromatic heterocycles. The summed E-state index contributed by atoms with van der Waals surface area (Å²) in [6, 6.07) is 0.220. The molecule has 1 aromatic rings. The van der Waals surface area contributed by atoms with Crippen LogP contribution in [-0.2, 0) is 17.6 Å². The minimum Gasteiger partial charge on any atom is -0.383 e. The van der Waals surface area contributed by atoms with Crippen LogP contribution in [0.3, 0.4) is 0 Å². The van der Waals surface area contributed by atoms with E-state index in [0.717, 1.165) is 12.2 Å². The number of ether oxygens (including phenoxy) is 1. The molecule has 0 saturated carbocycles. The molecule has 5 nitrogen and oxygen atoms in total. The molecule has 0 aliphatic rings. The smallest absolute Gasteiger partial charge is 0.228 e. The van der Waals surface area contributed by atoms with Gasteiger partial charge in [-0.05, 0) is 13.0 Å². The summed E-state index contributed by atoms with van der Waals surface area (Å²) < 4.78 is 10.3. The standard InChI is InChI=1S/C11H21N3O2/c1-8(2)5-10-13-11(16-14-10)6-9(12-3)7-15-4/h8-9,12H,5-7H2,1-4H3. The summed E-state index contributed by atoms with van der Waals surface area (Å²) in [6.45, 7) is 4.91. The second-order valence-corrected chi connectivity index (χ2v) is 4.35. The first kappa shape index (κ1) is 13.1. The monoisotopic (exact) mass is 227 g/mol. The van der Waals surface area contributed by atoms with Gasteiger partial charge in [0, 0.05) is 26.0 Å². The number of hydrogen-bond acceptors (Lipinski definition) is 5. The second kappa shape index (κ2) is 6.60. The van der Waals surface area contributed by atoms with Gasteiger partial charge in [0.15, 0.2) is 5.82 Å². The lowest BCUT2D eigenvalue weighted by atomic mass is 10.1. The topological polar surface area (TPSA) is 60.2 Å². The van der Waals surface area contributed by atoms with E-state index in [9.17, 15) is 0 Å². The van der Waals surface area contributed by atoms with Gasteiger partial charge in [-0.25, -0.2) is 0 Å². The molecule has 0 aromatic carbocycles. The van der Waals surface area contributed by atoms with Crippen LogP contribution in [0.2, 0.25) is 0 Å². The van der Waals surface area contributed by atoms with Gasteiger partial charge in [-0.1, -0.05) is 19.0 Å². The molecule has 1 N–H and O–H groups in total. The van der Waals surface area contributed by atoms with Gasteiger partial charge in [-0.3, -0.25) is 0 Å². The number of likely N-dealkylation sites (N-methyl/N-ethyl adjacent to an activating group) is 1. The van der Waals surface area contributed by atoms with Crippen molar-refractivity contribution in [2.75, 3.05) is 20.8 Å². The van der Waals surface area contributed by atoms with E-state index in [2.05, 4.69) is 29.3 Å². The number of aromatic nitrogens is 2. The molecule has 5 heteroatoms.